The molecule has 0 bridgehead atoms. The lowest BCUT2D eigenvalue weighted by atomic mass is 9.46. The van der Waals surface area contributed by atoms with Crippen molar-refractivity contribution in [2.45, 2.75) is 130 Å². The van der Waals surface area contributed by atoms with E-state index in [9.17, 15) is 9.59 Å². The van der Waals surface area contributed by atoms with E-state index in [0.717, 1.165) is 49.6 Å². The van der Waals surface area contributed by atoms with Crippen molar-refractivity contribution in [2.24, 2.45) is 45.3 Å². The third-order valence-electron chi connectivity index (χ3n) is 15.0. The van der Waals surface area contributed by atoms with Crippen LogP contribution in [0.4, 0.5) is 0 Å². The first-order valence-corrected chi connectivity index (χ1v) is 18.4. The second-order valence-corrected chi connectivity index (χ2v) is 17.7. The molecule has 7 aliphatic rings. The Balaban J connectivity index is 1.03. The summed E-state index contributed by atoms with van der Waals surface area (Å²) in [5.74, 6) is 2.67. The van der Waals surface area contributed by atoms with Gasteiger partial charge in [-0.15, -0.1) is 0 Å². The van der Waals surface area contributed by atoms with Crippen LogP contribution in [-0.2, 0) is 28.5 Å². The summed E-state index contributed by atoms with van der Waals surface area (Å²) in [4.78, 5) is 28.1. The van der Waals surface area contributed by atoms with Gasteiger partial charge in [-0.05, 0) is 122 Å². The molecule has 8 nitrogen and oxygen atoms in total. The van der Waals surface area contributed by atoms with Crippen LogP contribution in [0.3, 0.4) is 0 Å². The van der Waals surface area contributed by atoms with Crippen molar-refractivity contribution >= 4 is 11.9 Å². The molecule has 0 aromatic carbocycles. The van der Waals surface area contributed by atoms with Crippen LogP contribution in [0, 0.1) is 45.3 Å². The zero-order valence-electron chi connectivity index (χ0n) is 29.6. The van der Waals surface area contributed by atoms with Gasteiger partial charge in [0, 0.05) is 27.6 Å². The number of fused-ring (bicyclic) bond motifs is 4. The van der Waals surface area contributed by atoms with Crippen LogP contribution < -0.4 is 0 Å². The van der Waals surface area contributed by atoms with E-state index in [1.807, 2.05) is 21.0 Å². The van der Waals surface area contributed by atoms with Crippen LogP contribution in [0.1, 0.15) is 98.8 Å². The molecule has 2 heterocycles. The molecular formula is C38H60N2O6. The molecule has 2 aliphatic heterocycles. The third kappa shape index (κ3) is 5.05. The summed E-state index contributed by atoms with van der Waals surface area (Å²) in [5, 5.41) is 0. The first-order valence-electron chi connectivity index (χ1n) is 18.4. The number of morpholine rings is 1. The van der Waals surface area contributed by atoms with Crippen LogP contribution in [0.25, 0.3) is 0 Å². The van der Waals surface area contributed by atoms with Crippen molar-refractivity contribution in [3.8, 4) is 0 Å². The molecule has 2 saturated heterocycles. The highest BCUT2D eigenvalue weighted by molar-refractivity contribution is 5.77. The zero-order chi connectivity index (χ0) is 32.8. The van der Waals surface area contributed by atoms with Crippen molar-refractivity contribution in [1.82, 2.24) is 9.80 Å². The first kappa shape index (κ1) is 33.0. The number of ether oxygens (including phenoxy) is 4. The monoisotopic (exact) mass is 640 g/mol. The summed E-state index contributed by atoms with van der Waals surface area (Å²) >= 11 is 0. The molecule has 1 amide bonds. The van der Waals surface area contributed by atoms with Gasteiger partial charge in [0.2, 0.25) is 5.91 Å². The van der Waals surface area contributed by atoms with Gasteiger partial charge < -0.3 is 23.8 Å². The Hall–Kier alpha value is -1.48. The Labute approximate surface area is 277 Å². The van der Waals surface area contributed by atoms with E-state index in [4.69, 9.17) is 18.9 Å². The molecule has 9 unspecified atom stereocenters. The Morgan fingerprint density at radius 3 is 2.46 bits per heavy atom. The van der Waals surface area contributed by atoms with Gasteiger partial charge in [-0.2, -0.15) is 0 Å². The topological polar surface area (TPSA) is 77.5 Å². The number of hydrogen-bond acceptors (Lipinski definition) is 7. The molecule has 5 saturated carbocycles. The van der Waals surface area contributed by atoms with Crippen molar-refractivity contribution in [2.75, 3.05) is 40.3 Å². The molecule has 0 aromatic heterocycles. The van der Waals surface area contributed by atoms with E-state index < -0.39 is 0 Å². The van der Waals surface area contributed by atoms with Crippen LogP contribution in [0.2, 0.25) is 0 Å². The molecule has 7 fully saturated rings. The number of carbonyl (C=O) groups is 2. The zero-order valence-corrected chi connectivity index (χ0v) is 29.6. The molecule has 0 N–H and O–H groups in total. The van der Waals surface area contributed by atoms with Gasteiger partial charge in [0.05, 0.1) is 38.0 Å². The standard InChI is InChI=1S/C38H60N2O6/c1-23(2)34(44-24(3)41)28-11-9-26-29(45-28)19-27-25-10-12-30-35(4,5)31(13-14-38(30)22-37(25,38)16-15-36(26,27)6)46-33-21-40(17-18-43-33)20-32(42)39(7)8/h25-31,33-34H,1,9-22H2,2-8H3/t25?,26?,27?,28?,29?,30?,31-,33?,34?,36?,37-,38+/m0/s1. The molecule has 5 aliphatic carbocycles. The van der Waals surface area contributed by atoms with Crippen LogP contribution in [0.5, 0.6) is 0 Å². The largest absolute Gasteiger partial charge is 0.455 e. The minimum Gasteiger partial charge on any atom is -0.455 e. The average Bonchev–Trinajstić information content (AvgIpc) is 3.57. The highest BCUT2D eigenvalue weighted by atomic mass is 16.7. The molecule has 0 aromatic rings. The predicted octanol–water partition coefficient (Wildman–Crippen LogP) is 5.83. The van der Waals surface area contributed by atoms with E-state index >= 15 is 0 Å². The predicted molar refractivity (Wildman–Crippen MR) is 176 cm³/mol. The molecule has 7 rings (SSSR count). The lowest BCUT2D eigenvalue weighted by Crippen LogP contribution is -2.56. The van der Waals surface area contributed by atoms with E-state index in [2.05, 4.69) is 32.3 Å². The van der Waals surface area contributed by atoms with Crippen molar-refractivity contribution < 1.29 is 28.5 Å². The van der Waals surface area contributed by atoms with Crippen LogP contribution in [-0.4, -0.2) is 92.7 Å². The summed E-state index contributed by atoms with van der Waals surface area (Å²) in [6.45, 7) is 17.6. The van der Waals surface area contributed by atoms with Gasteiger partial charge >= 0.3 is 5.97 Å². The number of hydrogen-bond donors (Lipinski definition) is 0. The smallest absolute Gasteiger partial charge is 0.303 e. The molecule has 0 radical (unpaired) electrons. The summed E-state index contributed by atoms with van der Waals surface area (Å²) in [6, 6.07) is 0. The number of carbonyl (C=O) groups excluding carboxylic acids is 2. The summed E-state index contributed by atoms with van der Waals surface area (Å²) in [6.07, 6.45) is 12.1. The van der Waals surface area contributed by atoms with Gasteiger partial charge in [-0.25, -0.2) is 0 Å². The minimum atomic E-state index is -0.343. The van der Waals surface area contributed by atoms with Crippen molar-refractivity contribution in [1.29, 1.82) is 0 Å². The summed E-state index contributed by atoms with van der Waals surface area (Å²) in [7, 11) is 3.64. The number of amides is 1. The van der Waals surface area contributed by atoms with Crippen LogP contribution in [0.15, 0.2) is 12.2 Å². The highest BCUT2D eigenvalue weighted by Crippen LogP contribution is 2.87. The molecule has 258 valence electrons. The minimum absolute atomic E-state index is 0.0758. The van der Waals surface area contributed by atoms with Crippen LogP contribution >= 0.6 is 0 Å². The summed E-state index contributed by atoms with van der Waals surface area (Å²) < 4.78 is 25.6. The Kier molecular flexibility index (Phi) is 8.30. The summed E-state index contributed by atoms with van der Waals surface area (Å²) in [5.41, 5.74) is 2.25. The van der Waals surface area contributed by atoms with E-state index in [-0.39, 0.29) is 48.0 Å². The maximum atomic E-state index is 12.4. The van der Waals surface area contributed by atoms with Crippen molar-refractivity contribution in [3.63, 3.8) is 0 Å². The Morgan fingerprint density at radius 1 is 0.978 bits per heavy atom. The maximum absolute atomic E-state index is 12.4. The third-order valence-corrected chi connectivity index (χ3v) is 15.0. The highest BCUT2D eigenvalue weighted by Gasteiger charge is 2.80. The SMILES string of the molecule is C=C(C)C(OC(C)=O)C1CCC2C(CC3C4CCC5C(C)(C)[C@@H](OC6CN(CC(=O)N(C)C)CCO6)CC[C@@]56C[C@@]46CCC23C)O1. The lowest BCUT2D eigenvalue weighted by molar-refractivity contribution is -0.245. The molecule has 46 heavy (non-hydrogen) atoms. The average molecular weight is 641 g/mol. The van der Waals surface area contributed by atoms with Gasteiger partial charge in [-0.3, -0.25) is 14.5 Å². The van der Waals surface area contributed by atoms with Gasteiger partial charge in [0.25, 0.3) is 0 Å². The lowest BCUT2D eigenvalue weighted by Gasteiger charge is -2.60. The van der Waals surface area contributed by atoms with Gasteiger partial charge in [0.1, 0.15) is 6.10 Å². The maximum Gasteiger partial charge on any atom is 0.303 e. The molecule has 2 spiro atoms. The number of rotatable bonds is 7. The molecule has 8 heteroatoms. The first-order chi connectivity index (χ1) is 21.7. The van der Waals surface area contributed by atoms with E-state index in [0.29, 0.717) is 47.8 Å². The Bertz CT molecular complexity index is 1240. The number of nitrogens with zero attached hydrogens (tertiary/aromatic N) is 2. The normalized spacial score (nSPS) is 46.4. The number of likely N-dealkylation sites (N-methyl/N-ethyl adjacent to an activating group) is 1. The Morgan fingerprint density at radius 2 is 1.74 bits per heavy atom. The second kappa shape index (κ2) is 11.6. The fourth-order valence-electron chi connectivity index (χ4n) is 12.8. The number of esters is 1. The molecule has 12 atom stereocenters. The van der Waals surface area contributed by atoms with Gasteiger partial charge in [-0.1, -0.05) is 27.4 Å². The van der Waals surface area contributed by atoms with E-state index in [1.165, 1.54) is 45.4 Å². The quantitative estimate of drug-likeness (QED) is 0.256. The van der Waals surface area contributed by atoms with Crippen molar-refractivity contribution in [3.05, 3.63) is 12.2 Å². The second-order valence-electron chi connectivity index (χ2n) is 17.7. The van der Waals surface area contributed by atoms with E-state index in [1.54, 1.807) is 4.90 Å². The van der Waals surface area contributed by atoms with Gasteiger partial charge in [0.15, 0.2) is 6.29 Å². The fourth-order valence-corrected chi connectivity index (χ4v) is 12.8. The fraction of sp³-hybridized carbons (Fsp3) is 0.895. The molecular weight excluding hydrogens is 580 g/mol.